The van der Waals surface area contributed by atoms with Gasteiger partial charge < -0.3 is 15.4 Å². The molecule has 1 aromatic rings. The predicted octanol–water partition coefficient (Wildman–Crippen LogP) is 1.48. The summed E-state index contributed by atoms with van der Waals surface area (Å²) in [5, 5.41) is 6.00. The van der Waals surface area contributed by atoms with Gasteiger partial charge in [0.1, 0.15) is 5.75 Å². The van der Waals surface area contributed by atoms with Gasteiger partial charge in [0.05, 0.1) is 11.9 Å². The Kier molecular flexibility index (Phi) is 6.89. The smallest absolute Gasteiger partial charge is 0.260 e. The molecule has 19 heavy (non-hydrogen) atoms. The predicted molar refractivity (Wildman–Crippen MR) is 75.0 cm³/mol. The van der Waals surface area contributed by atoms with Crippen LogP contribution in [0.15, 0.2) is 18.3 Å². The van der Waals surface area contributed by atoms with Crippen LogP contribution in [-0.2, 0) is 11.3 Å². The molecule has 1 atom stereocenters. The molecule has 0 fully saturated rings. The van der Waals surface area contributed by atoms with Crippen molar-refractivity contribution >= 4 is 5.91 Å². The Labute approximate surface area is 114 Å². The fraction of sp³-hybridized carbons (Fsp3) is 0.571. The lowest BCUT2D eigenvalue weighted by Gasteiger charge is -2.14. The van der Waals surface area contributed by atoms with Gasteiger partial charge in [-0.2, -0.15) is 0 Å². The first-order chi connectivity index (χ1) is 9.17. The Hall–Kier alpha value is -1.62. The molecule has 0 saturated carbocycles. The van der Waals surface area contributed by atoms with Crippen molar-refractivity contribution in [3.63, 3.8) is 0 Å². The van der Waals surface area contributed by atoms with Crippen molar-refractivity contribution in [2.75, 3.05) is 13.1 Å². The third kappa shape index (κ3) is 5.70. The van der Waals surface area contributed by atoms with E-state index in [1.165, 1.54) is 0 Å². The number of carbonyl (C=O) groups excluding carboxylic acids is 1. The molecule has 0 saturated heterocycles. The van der Waals surface area contributed by atoms with Crippen molar-refractivity contribution in [1.82, 2.24) is 15.6 Å². The van der Waals surface area contributed by atoms with Gasteiger partial charge in [0.15, 0.2) is 6.10 Å². The van der Waals surface area contributed by atoms with Crippen molar-refractivity contribution in [2.24, 2.45) is 0 Å². The number of rotatable bonds is 8. The molecule has 1 unspecified atom stereocenters. The molecule has 0 aliphatic heterocycles. The lowest BCUT2D eigenvalue weighted by atomic mass is 10.3. The number of hydrogen-bond donors (Lipinski definition) is 2. The topological polar surface area (TPSA) is 63.2 Å². The Morgan fingerprint density at radius 3 is 2.79 bits per heavy atom. The van der Waals surface area contributed by atoms with Crippen molar-refractivity contribution < 1.29 is 9.53 Å². The summed E-state index contributed by atoms with van der Waals surface area (Å²) in [5.74, 6) is 0.495. The van der Waals surface area contributed by atoms with Gasteiger partial charge in [0.2, 0.25) is 0 Å². The number of ether oxygens (including phenoxy) is 1. The molecule has 0 aromatic carbocycles. The van der Waals surface area contributed by atoms with Crippen molar-refractivity contribution in [1.29, 1.82) is 0 Å². The molecule has 1 heterocycles. The zero-order chi connectivity index (χ0) is 14.1. The van der Waals surface area contributed by atoms with Crippen LogP contribution >= 0.6 is 0 Å². The van der Waals surface area contributed by atoms with E-state index in [1.807, 2.05) is 19.1 Å². The molecule has 1 rings (SSSR count). The minimum atomic E-state index is -0.509. The van der Waals surface area contributed by atoms with E-state index in [0.717, 1.165) is 25.2 Å². The van der Waals surface area contributed by atoms with E-state index in [4.69, 9.17) is 4.74 Å². The molecule has 1 amide bonds. The molecule has 0 bridgehead atoms. The average molecular weight is 265 g/mol. The highest BCUT2D eigenvalue weighted by atomic mass is 16.5. The first kappa shape index (κ1) is 15.4. The monoisotopic (exact) mass is 265 g/mol. The summed E-state index contributed by atoms with van der Waals surface area (Å²) in [4.78, 5) is 15.8. The molecular weight excluding hydrogens is 242 g/mol. The number of carbonyl (C=O) groups is 1. The van der Waals surface area contributed by atoms with Crippen LogP contribution in [0.25, 0.3) is 0 Å². The van der Waals surface area contributed by atoms with Crippen LogP contribution in [-0.4, -0.2) is 30.1 Å². The second kappa shape index (κ2) is 8.48. The number of nitrogens with zero attached hydrogens (tertiary/aromatic N) is 1. The second-order valence-electron chi connectivity index (χ2n) is 4.32. The first-order valence-electron chi connectivity index (χ1n) is 6.77. The molecule has 0 aliphatic carbocycles. The van der Waals surface area contributed by atoms with E-state index in [9.17, 15) is 4.79 Å². The maximum Gasteiger partial charge on any atom is 0.260 e. The van der Waals surface area contributed by atoms with Gasteiger partial charge >= 0.3 is 0 Å². The van der Waals surface area contributed by atoms with E-state index in [1.54, 1.807) is 13.1 Å². The van der Waals surface area contributed by atoms with E-state index in [-0.39, 0.29) is 5.91 Å². The van der Waals surface area contributed by atoms with Crippen molar-refractivity contribution in [3.05, 3.63) is 24.0 Å². The fourth-order valence-corrected chi connectivity index (χ4v) is 1.55. The highest BCUT2D eigenvalue weighted by Crippen LogP contribution is 2.11. The zero-order valence-electron chi connectivity index (χ0n) is 11.9. The molecule has 2 N–H and O–H groups in total. The van der Waals surface area contributed by atoms with Gasteiger partial charge in [-0.3, -0.25) is 9.78 Å². The van der Waals surface area contributed by atoms with Crippen LogP contribution < -0.4 is 15.4 Å². The highest BCUT2D eigenvalue weighted by molar-refractivity contribution is 5.80. The summed E-state index contributed by atoms with van der Waals surface area (Å²) in [6, 6.07) is 3.74. The minimum Gasteiger partial charge on any atom is -0.479 e. The van der Waals surface area contributed by atoms with E-state index >= 15 is 0 Å². The summed E-state index contributed by atoms with van der Waals surface area (Å²) in [6.07, 6.45) is 2.25. The van der Waals surface area contributed by atoms with E-state index in [2.05, 4.69) is 22.5 Å². The SMILES string of the molecule is CCCNCc1ccc(OC(C)C(=O)NCC)cn1. The number of aromatic nitrogens is 1. The standard InChI is InChI=1S/C14H23N3O2/c1-4-8-15-9-12-6-7-13(10-17-12)19-11(3)14(18)16-5-2/h6-7,10-11,15H,4-5,8-9H2,1-3H3,(H,16,18). The quantitative estimate of drug-likeness (QED) is 0.699. The molecule has 0 aliphatic rings. The second-order valence-corrected chi connectivity index (χ2v) is 4.32. The first-order valence-corrected chi connectivity index (χ1v) is 6.77. The summed E-state index contributed by atoms with van der Waals surface area (Å²) in [5.41, 5.74) is 0.964. The molecule has 106 valence electrons. The van der Waals surface area contributed by atoms with Crippen molar-refractivity contribution in [2.45, 2.75) is 39.8 Å². The average Bonchev–Trinajstić information content (AvgIpc) is 2.41. The molecular formula is C14H23N3O2. The largest absolute Gasteiger partial charge is 0.479 e. The Morgan fingerprint density at radius 1 is 1.42 bits per heavy atom. The molecule has 5 heteroatoms. The third-order valence-electron chi connectivity index (χ3n) is 2.56. The normalized spacial score (nSPS) is 11.9. The number of hydrogen-bond acceptors (Lipinski definition) is 4. The number of amides is 1. The highest BCUT2D eigenvalue weighted by Gasteiger charge is 2.13. The van der Waals surface area contributed by atoms with Gasteiger partial charge in [0.25, 0.3) is 5.91 Å². The summed E-state index contributed by atoms with van der Waals surface area (Å²) < 4.78 is 5.51. The Bertz CT molecular complexity index is 379. The van der Waals surface area contributed by atoms with Gasteiger partial charge in [-0.1, -0.05) is 6.92 Å². The van der Waals surface area contributed by atoms with E-state index in [0.29, 0.717) is 12.3 Å². The fourth-order valence-electron chi connectivity index (χ4n) is 1.55. The van der Waals surface area contributed by atoms with Gasteiger partial charge in [-0.25, -0.2) is 0 Å². The zero-order valence-corrected chi connectivity index (χ0v) is 11.9. The molecule has 0 radical (unpaired) electrons. The van der Waals surface area contributed by atoms with Crippen LogP contribution in [0.5, 0.6) is 5.75 Å². The maximum atomic E-state index is 11.5. The summed E-state index contributed by atoms with van der Waals surface area (Å²) in [6.45, 7) is 8.06. The summed E-state index contributed by atoms with van der Waals surface area (Å²) >= 11 is 0. The van der Waals surface area contributed by atoms with Crippen LogP contribution in [0.4, 0.5) is 0 Å². The summed E-state index contributed by atoms with van der Waals surface area (Å²) in [7, 11) is 0. The lowest BCUT2D eigenvalue weighted by Crippen LogP contribution is -2.36. The number of pyridine rings is 1. The van der Waals surface area contributed by atoms with Gasteiger partial charge in [0, 0.05) is 13.1 Å². The maximum absolute atomic E-state index is 11.5. The van der Waals surface area contributed by atoms with E-state index < -0.39 is 6.10 Å². The Morgan fingerprint density at radius 2 is 2.21 bits per heavy atom. The van der Waals surface area contributed by atoms with Crippen molar-refractivity contribution in [3.8, 4) is 5.75 Å². The third-order valence-corrected chi connectivity index (χ3v) is 2.56. The number of nitrogens with one attached hydrogen (secondary N) is 2. The van der Waals surface area contributed by atoms with Crippen LogP contribution in [0.3, 0.4) is 0 Å². The molecule has 5 nitrogen and oxygen atoms in total. The number of likely N-dealkylation sites (N-methyl/N-ethyl adjacent to an activating group) is 1. The van der Waals surface area contributed by atoms with Crippen LogP contribution in [0.2, 0.25) is 0 Å². The minimum absolute atomic E-state index is 0.115. The van der Waals surface area contributed by atoms with Crippen LogP contribution in [0.1, 0.15) is 32.9 Å². The molecule has 0 spiro atoms. The molecule has 1 aromatic heterocycles. The van der Waals surface area contributed by atoms with Crippen LogP contribution in [0, 0.1) is 0 Å². The lowest BCUT2D eigenvalue weighted by molar-refractivity contribution is -0.127. The Balaban J connectivity index is 2.45. The van der Waals surface area contributed by atoms with Gasteiger partial charge in [-0.05, 0) is 38.9 Å². The van der Waals surface area contributed by atoms with Gasteiger partial charge in [-0.15, -0.1) is 0 Å².